The first-order valence-corrected chi connectivity index (χ1v) is 9.48. The van der Waals surface area contributed by atoms with E-state index in [1.54, 1.807) is 36.5 Å². The minimum atomic E-state index is -0.186. The zero-order valence-electron chi connectivity index (χ0n) is 12.8. The Morgan fingerprint density at radius 2 is 1.12 bits per heavy atom. The molecule has 26 heavy (non-hydrogen) atoms. The Hall–Kier alpha value is -0.710. The van der Waals surface area contributed by atoms with E-state index in [1.165, 1.54) is 0 Å². The molecule has 0 aliphatic carbocycles. The maximum absolute atomic E-state index is 9.49. The lowest BCUT2D eigenvalue weighted by molar-refractivity contribution is 0.281. The van der Waals surface area contributed by atoms with E-state index in [2.05, 4.69) is 4.98 Å². The van der Waals surface area contributed by atoms with Crippen LogP contribution in [0.3, 0.4) is 0 Å². The third-order valence-electron chi connectivity index (χ3n) is 3.69. The van der Waals surface area contributed by atoms with Gasteiger partial charge >= 0.3 is 0 Å². The third-order valence-corrected chi connectivity index (χ3v) is 5.76. The van der Waals surface area contributed by atoms with Gasteiger partial charge in [-0.05, 0) is 35.9 Å². The molecule has 0 atom stereocenters. The van der Waals surface area contributed by atoms with E-state index < -0.39 is 0 Å². The molecule has 0 bridgehead atoms. The number of pyridine rings is 1. The monoisotopic (exact) mass is 465 g/mol. The van der Waals surface area contributed by atoms with Crippen LogP contribution in [0.15, 0.2) is 36.5 Å². The molecule has 1 aromatic heterocycles. The Balaban J connectivity index is 2.33. The van der Waals surface area contributed by atoms with Gasteiger partial charge in [0.2, 0.25) is 0 Å². The quantitative estimate of drug-likeness (QED) is 0.398. The Kier molecular flexibility index (Phi) is 6.25. The van der Waals surface area contributed by atoms with Crippen molar-refractivity contribution in [1.82, 2.24) is 4.98 Å². The van der Waals surface area contributed by atoms with Gasteiger partial charge in [0, 0.05) is 22.9 Å². The fraction of sp³-hybridized carbons (Fsp3) is 0.0556. The molecule has 0 unspecified atom stereocenters. The number of hydrogen-bond acceptors (Lipinski definition) is 2. The van der Waals surface area contributed by atoms with E-state index in [1.807, 2.05) is 0 Å². The summed E-state index contributed by atoms with van der Waals surface area (Å²) in [6.45, 7) is -0.186. The largest absolute Gasteiger partial charge is 0.392 e. The van der Waals surface area contributed by atoms with Crippen molar-refractivity contribution in [3.63, 3.8) is 0 Å². The van der Waals surface area contributed by atoms with Gasteiger partial charge in [0.15, 0.2) is 0 Å². The van der Waals surface area contributed by atoms with E-state index in [0.717, 1.165) is 0 Å². The molecule has 8 heteroatoms. The maximum atomic E-state index is 9.49. The first-order chi connectivity index (χ1) is 12.3. The van der Waals surface area contributed by atoms with Crippen LogP contribution in [0.2, 0.25) is 30.1 Å². The Labute approximate surface area is 180 Å². The predicted molar refractivity (Wildman–Crippen MR) is 111 cm³/mol. The van der Waals surface area contributed by atoms with Gasteiger partial charge < -0.3 is 5.11 Å². The van der Waals surface area contributed by atoms with Crippen molar-refractivity contribution in [2.75, 3.05) is 0 Å². The number of aromatic nitrogens is 1. The summed E-state index contributed by atoms with van der Waals surface area (Å²) < 4.78 is 0. The van der Waals surface area contributed by atoms with Crippen molar-refractivity contribution in [1.29, 1.82) is 0 Å². The summed E-state index contributed by atoms with van der Waals surface area (Å²) >= 11 is 37.1. The molecule has 3 rings (SSSR count). The van der Waals surface area contributed by atoms with Crippen LogP contribution in [0.1, 0.15) is 5.56 Å². The number of benzene rings is 2. The summed E-state index contributed by atoms with van der Waals surface area (Å²) in [4.78, 5) is 4.44. The van der Waals surface area contributed by atoms with Crippen LogP contribution in [-0.4, -0.2) is 10.1 Å². The second-order valence-corrected chi connectivity index (χ2v) is 7.83. The van der Waals surface area contributed by atoms with Crippen molar-refractivity contribution in [3.8, 4) is 22.4 Å². The molecule has 2 aromatic carbocycles. The Morgan fingerprint density at radius 1 is 0.615 bits per heavy atom. The van der Waals surface area contributed by atoms with Crippen molar-refractivity contribution in [2.24, 2.45) is 0 Å². The summed E-state index contributed by atoms with van der Waals surface area (Å²) in [5.74, 6) is 0. The van der Waals surface area contributed by atoms with E-state index in [0.29, 0.717) is 58.1 Å². The van der Waals surface area contributed by atoms with E-state index >= 15 is 0 Å². The van der Waals surface area contributed by atoms with E-state index in [-0.39, 0.29) is 6.61 Å². The van der Waals surface area contributed by atoms with E-state index in [4.69, 9.17) is 69.6 Å². The molecular formula is C18H9Cl6NO. The molecule has 3 aromatic rings. The highest BCUT2D eigenvalue weighted by Crippen LogP contribution is 2.42. The molecule has 0 aliphatic heterocycles. The molecule has 134 valence electrons. The van der Waals surface area contributed by atoms with Crippen LogP contribution in [0.4, 0.5) is 0 Å². The Morgan fingerprint density at radius 3 is 1.69 bits per heavy atom. The van der Waals surface area contributed by atoms with Gasteiger partial charge in [0.05, 0.1) is 42.4 Å². The van der Waals surface area contributed by atoms with Gasteiger partial charge in [0.25, 0.3) is 0 Å². The molecule has 0 amide bonds. The summed E-state index contributed by atoms with van der Waals surface area (Å²) in [6.07, 6.45) is 1.54. The number of halogens is 6. The van der Waals surface area contributed by atoms with Gasteiger partial charge in [0.1, 0.15) is 0 Å². The smallest absolute Gasteiger partial charge is 0.0796 e. The maximum Gasteiger partial charge on any atom is 0.0796 e. The number of aliphatic hydroxyl groups is 1. The highest BCUT2D eigenvalue weighted by atomic mass is 35.5. The normalized spacial score (nSPS) is 11.0. The lowest BCUT2D eigenvalue weighted by atomic mass is 9.97. The molecule has 2 nitrogen and oxygen atoms in total. The number of hydrogen-bond donors (Lipinski definition) is 1. The van der Waals surface area contributed by atoms with Gasteiger partial charge in [-0.2, -0.15) is 0 Å². The van der Waals surface area contributed by atoms with Crippen molar-refractivity contribution < 1.29 is 5.11 Å². The zero-order chi connectivity index (χ0) is 19.0. The van der Waals surface area contributed by atoms with Crippen LogP contribution in [0.25, 0.3) is 22.4 Å². The molecule has 0 spiro atoms. The number of aliphatic hydroxyl groups excluding tert-OH is 1. The third kappa shape index (κ3) is 3.93. The highest BCUT2D eigenvalue weighted by molar-refractivity contribution is 6.45. The van der Waals surface area contributed by atoms with Gasteiger partial charge in [-0.15, -0.1) is 0 Å². The number of nitrogens with zero attached hydrogens (tertiary/aromatic N) is 1. The zero-order valence-corrected chi connectivity index (χ0v) is 17.4. The van der Waals surface area contributed by atoms with Crippen LogP contribution in [0, 0.1) is 0 Å². The molecule has 0 saturated heterocycles. The summed E-state index contributed by atoms with van der Waals surface area (Å²) in [6, 6.07) is 8.11. The first-order valence-electron chi connectivity index (χ1n) is 7.21. The lowest BCUT2D eigenvalue weighted by Gasteiger charge is -2.15. The average Bonchev–Trinajstić information content (AvgIpc) is 2.61. The molecule has 1 N–H and O–H groups in total. The Bertz CT molecular complexity index is 1010. The fourth-order valence-corrected chi connectivity index (χ4v) is 3.73. The fourth-order valence-electron chi connectivity index (χ4n) is 2.45. The van der Waals surface area contributed by atoms with Crippen molar-refractivity contribution in [2.45, 2.75) is 6.61 Å². The summed E-state index contributed by atoms with van der Waals surface area (Å²) in [5.41, 5.74) is 2.91. The topological polar surface area (TPSA) is 33.1 Å². The lowest BCUT2D eigenvalue weighted by Crippen LogP contribution is -1.95. The summed E-state index contributed by atoms with van der Waals surface area (Å²) in [7, 11) is 0. The SMILES string of the molecule is OCc1cnc(-c2cc(Cl)c(Cl)cc2Cl)c(-c2cc(Cl)c(Cl)cc2Cl)c1. The van der Waals surface area contributed by atoms with E-state index in [9.17, 15) is 5.11 Å². The second-order valence-electron chi connectivity index (χ2n) is 5.39. The predicted octanol–water partition coefficient (Wildman–Crippen LogP) is 7.83. The van der Waals surface area contributed by atoms with Crippen molar-refractivity contribution in [3.05, 3.63) is 72.2 Å². The molecule has 0 radical (unpaired) electrons. The first kappa shape index (κ1) is 20.0. The van der Waals surface area contributed by atoms with Crippen LogP contribution in [-0.2, 0) is 6.61 Å². The van der Waals surface area contributed by atoms with Gasteiger partial charge in [-0.1, -0.05) is 69.6 Å². The van der Waals surface area contributed by atoms with Gasteiger partial charge in [-0.3, -0.25) is 4.98 Å². The van der Waals surface area contributed by atoms with Crippen molar-refractivity contribution >= 4 is 69.6 Å². The number of rotatable bonds is 3. The highest BCUT2D eigenvalue weighted by Gasteiger charge is 2.18. The van der Waals surface area contributed by atoms with Gasteiger partial charge in [-0.25, -0.2) is 0 Å². The molecule has 0 aliphatic rings. The van der Waals surface area contributed by atoms with Crippen LogP contribution < -0.4 is 0 Å². The average molecular weight is 468 g/mol. The molecular weight excluding hydrogens is 459 g/mol. The minimum absolute atomic E-state index is 0.186. The standard InChI is InChI=1S/C18H9Cl6NO/c19-12-4-16(23)14(21)2-9(12)10-1-8(7-26)6-25-18(10)11-3-15(22)17(24)5-13(11)20/h1-6,26H,7H2. The molecule has 0 fully saturated rings. The molecule has 1 heterocycles. The second kappa shape index (κ2) is 8.12. The summed E-state index contributed by atoms with van der Waals surface area (Å²) in [5, 5.41) is 11.6. The van der Waals surface area contributed by atoms with Crippen LogP contribution >= 0.6 is 69.6 Å². The molecule has 0 saturated carbocycles. The van der Waals surface area contributed by atoms with Crippen LogP contribution in [0.5, 0.6) is 0 Å². The minimum Gasteiger partial charge on any atom is -0.392 e.